The summed E-state index contributed by atoms with van der Waals surface area (Å²) in [7, 11) is 3.74. The average Bonchev–Trinajstić information content (AvgIpc) is 3.23. The van der Waals surface area contributed by atoms with Crippen LogP contribution in [0.4, 0.5) is 5.69 Å². The lowest BCUT2D eigenvalue weighted by atomic mass is 10.0. The van der Waals surface area contributed by atoms with Gasteiger partial charge in [0.2, 0.25) is 0 Å². The Bertz CT molecular complexity index is 481. The summed E-state index contributed by atoms with van der Waals surface area (Å²) in [6.45, 7) is 0.907. The number of benzene rings is 1. The Balaban J connectivity index is 1.84. The zero-order chi connectivity index (χ0) is 13.7. The SMILES string of the molecule is C#CCCC1(CCN(C)c2ccc(OC)cc2)N=N1. The van der Waals surface area contributed by atoms with Crippen LogP contribution >= 0.6 is 0 Å². The van der Waals surface area contributed by atoms with Gasteiger partial charge >= 0.3 is 0 Å². The predicted octanol–water partition coefficient (Wildman–Crippen LogP) is 3.10. The van der Waals surface area contributed by atoms with Gasteiger partial charge in [0.25, 0.3) is 0 Å². The van der Waals surface area contributed by atoms with E-state index in [1.54, 1.807) is 7.11 Å². The summed E-state index contributed by atoms with van der Waals surface area (Å²) in [5.74, 6) is 3.52. The molecule has 1 aromatic rings. The Kier molecular flexibility index (Phi) is 4.06. The van der Waals surface area contributed by atoms with E-state index in [4.69, 9.17) is 11.2 Å². The number of hydrogen-bond donors (Lipinski definition) is 0. The molecule has 2 rings (SSSR count). The van der Waals surface area contributed by atoms with E-state index in [1.165, 1.54) is 0 Å². The molecule has 0 amide bonds. The van der Waals surface area contributed by atoms with Crippen LogP contribution in [0.5, 0.6) is 5.75 Å². The van der Waals surface area contributed by atoms with E-state index in [9.17, 15) is 0 Å². The fourth-order valence-electron chi connectivity index (χ4n) is 1.98. The summed E-state index contributed by atoms with van der Waals surface area (Å²) in [5.41, 5.74) is 0.959. The predicted molar refractivity (Wildman–Crippen MR) is 76.5 cm³/mol. The zero-order valence-corrected chi connectivity index (χ0v) is 11.5. The van der Waals surface area contributed by atoms with E-state index in [-0.39, 0.29) is 5.66 Å². The minimum absolute atomic E-state index is 0.201. The Morgan fingerprint density at radius 3 is 2.47 bits per heavy atom. The largest absolute Gasteiger partial charge is 0.497 e. The van der Waals surface area contributed by atoms with Crippen LogP contribution in [-0.4, -0.2) is 26.4 Å². The summed E-state index contributed by atoms with van der Waals surface area (Å²) >= 11 is 0. The van der Waals surface area contributed by atoms with E-state index < -0.39 is 0 Å². The highest BCUT2D eigenvalue weighted by molar-refractivity contribution is 5.48. The molecular weight excluding hydrogens is 238 g/mol. The molecule has 0 bridgehead atoms. The van der Waals surface area contributed by atoms with Crippen molar-refractivity contribution in [1.29, 1.82) is 0 Å². The van der Waals surface area contributed by atoms with Gasteiger partial charge in [0.05, 0.1) is 7.11 Å². The minimum Gasteiger partial charge on any atom is -0.497 e. The number of ether oxygens (including phenoxy) is 1. The van der Waals surface area contributed by atoms with E-state index in [1.807, 2.05) is 24.3 Å². The Labute approximate surface area is 114 Å². The first-order valence-corrected chi connectivity index (χ1v) is 6.42. The van der Waals surface area contributed by atoms with Crippen molar-refractivity contribution in [2.24, 2.45) is 10.2 Å². The summed E-state index contributed by atoms with van der Waals surface area (Å²) in [5, 5.41) is 8.29. The molecule has 0 saturated heterocycles. The molecule has 0 atom stereocenters. The van der Waals surface area contributed by atoms with E-state index in [0.717, 1.165) is 37.2 Å². The molecule has 0 aliphatic carbocycles. The lowest BCUT2D eigenvalue weighted by Crippen LogP contribution is -2.24. The van der Waals surface area contributed by atoms with Gasteiger partial charge in [-0.2, -0.15) is 10.2 Å². The number of anilines is 1. The normalized spacial score (nSPS) is 14.8. The van der Waals surface area contributed by atoms with Gasteiger partial charge in [0.15, 0.2) is 5.66 Å². The van der Waals surface area contributed by atoms with Crippen molar-refractivity contribution < 1.29 is 4.74 Å². The third kappa shape index (κ3) is 3.47. The number of nitrogens with zero attached hydrogens (tertiary/aromatic N) is 3. The van der Waals surface area contributed by atoms with Crippen molar-refractivity contribution in [2.45, 2.75) is 24.9 Å². The van der Waals surface area contributed by atoms with E-state index in [0.29, 0.717) is 0 Å². The molecule has 1 aliphatic heterocycles. The van der Waals surface area contributed by atoms with Crippen LogP contribution in [0.15, 0.2) is 34.5 Å². The van der Waals surface area contributed by atoms with Crippen LogP contribution in [0.25, 0.3) is 0 Å². The third-order valence-corrected chi connectivity index (χ3v) is 3.41. The average molecular weight is 257 g/mol. The lowest BCUT2D eigenvalue weighted by Gasteiger charge is -2.21. The topological polar surface area (TPSA) is 37.2 Å². The molecule has 0 fully saturated rings. The van der Waals surface area contributed by atoms with Gasteiger partial charge in [-0.1, -0.05) is 0 Å². The van der Waals surface area contributed by atoms with Crippen LogP contribution in [0.1, 0.15) is 19.3 Å². The fourth-order valence-corrected chi connectivity index (χ4v) is 1.98. The quantitative estimate of drug-likeness (QED) is 0.704. The molecule has 1 aromatic carbocycles. The Morgan fingerprint density at radius 2 is 1.95 bits per heavy atom. The highest BCUT2D eigenvalue weighted by Gasteiger charge is 2.38. The first-order valence-electron chi connectivity index (χ1n) is 6.42. The second-order valence-electron chi connectivity index (χ2n) is 4.76. The summed E-state index contributed by atoms with van der Waals surface area (Å²) in [6, 6.07) is 8.03. The fraction of sp³-hybridized carbons (Fsp3) is 0.467. The number of methoxy groups -OCH3 is 1. The summed E-state index contributed by atoms with van der Waals surface area (Å²) < 4.78 is 5.15. The van der Waals surface area contributed by atoms with Crippen molar-refractivity contribution >= 4 is 5.69 Å². The number of hydrogen-bond acceptors (Lipinski definition) is 4. The number of rotatable bonds is 7. The molecule has 1 aliphatic rings. The maximum absolute atomic E-state index is 5.28. The van der Waals surface area contributed by atoms with Crippen molar-refractivity contribution in [3.63, 3.8) is 0 Å². The molecule has 19 heavy (non-hydrogen) atoms. The molecule has 0 radical (unpaired) electrons. The second-order valence-corrected chi connectivity index (χ2v) is 4.76. The van der Waals surface area contributed by atoms with Gasteiger partial charge < -0.3 is 9.64 Å². The zero-order valence-electron chi connectivity index (χ0n) is 11.5. The van der Waals surface area contributed by atoms with Crippen LogP contribution in [0.3, 0.4) is 0 Å². The highest BCUT2D eigenvalue weighted by Crippen LogP contribution is 2.36. The van der Waals surface area contributed by atoms with Gasteiger partial charge in [-0.05, 0) is 24.3 Å². The summed E-state index contributed by atoms with van der Waals surface area (Å²) in [6.07, 6.45) is 7.79. The van der Waals surface area contributed by atoms with Crippen LogP contribution in [0, 0.1) is 12.3 Å². The molecule has 4 heteroatoms. The maximum Gasteiger partial charge on any atom is 0.193 e. The second kappa shape index (κ2) is 5.75. The van der Waals surface area contributed by atoms with Crippen molar-refractivity contribution in [1.82, 2.24) is 0 Å². The lowest BCUT2D eigenvalue weighted by molar-refractivity contribution is 0.415. The van der Waals surface area contributed by atoms with E-state index in [2.05, 4.69) is 28.1 Å². The minimum atomic E-state index is -0.201. The maximum atomic E-state index is 5.28. The Hall–Kier alpha value is -2.02. The van der Waals surface area contributed by atoms with Crippen LogP contribution in [0.2, 0.25) is 0 Å². The van der Waals surface area contributed by atoms with Gasteiger partial charge in [0.1, 0.15) is 5.75 Å². The molecule has 0 unspecified atom stereocenters. The number of terminal acetylenes is 1. The monoisotopic (exact) mass is 257 g/mol. The third-order valence-electron chi connectivity index (χ3n) is 3.41. The molecule has 4 nitrogen and oxygen atoms in total. The van der Waals surface area contributed by atoms with Gasteiger partial charge in [0, 0.05) is 38.5 Å². The summed E-state index contributed by atoms with van der Waals surface area (Å²) in [4.78, 5) is 2.19. The molecule has 0 spiro atoms. The van der Waals surface area contributed by atoms with Gasteiger partial charge in [-0.3, -0.25) is 0 Å². The standard InChI is InChI=1S/C15H19N3O/c1-4-5-10-15(16-17-15)11-12-18(2)13-6-8-14(19-3)9-7-13/h1,6-9H,5,10-12H2,2-3H3. The highest BCUT2D eigenvalue weighted by atomic mass is 16.5. The molecule has 0 N–H and O–H groups in total. The van der Waals surface area contributed by atoms with Crippen LogP contribution in [-0.2, 0) is 0 Å². The van der Waals surface area contributed by atoms with Crippen molar-refractivity contribution in [3.05, 3.63) is 24.3 Å². The molecule has 1 heterocycles. The van der Waals surface area contributed by atoms with E-state index >= 15 is 0 Å². The molecular formula is C15H19N3O. The van der Waals surface area contributed by atoms with Crippen LogP contribution < -0.4 is 9.64 Å². The van der Waals surface area contributed by atoms with Crippen molar-refractivity contribution in [3.8, 4) is 18.1 Å². The smallest absolute Gasteiger partial charge is 0.193 e. The molecule has 0 saturated carbocycles. The van der Waals surface area contributed by atoms with Crippen molar-refractivity contribution in [2.75, 3.05) is 25.6 Å². The Morgan fingerprint density at radius 1 is 1.26 bits per heavy atom. The first-order chi connectivity index (χ1) is 9.19. The van der Waals surface area contributed by atoms with Gasteiger partial charge in [-0.25, -0.2) is 0 Å². The molecule has 0 aromatic heterocycles. The molecule has 100 valence electrons. The first kappa shape index (κ1) is 13.4. The van der Waals surface area contributed by atoms with Gasteiger partial charge in [-0.15, -0.1) is 12.3 Å².